The van der Waals surface area contributed by atoms with E-state index in [1.165, 1.54) is 32.4 Å². The van der Waals surface area contributed by atoms with Crippen molar-refractivity contribution in [3.8, 4) is 11.5 Å². The normalized spacial score (nSPS) is 14.3. The van der Waals surface area contributed by atoms with E-state index in [9.17, 15) is 19.7 Å². The highest BCUT2D eigenvalue weighted by Gasteiger charge is 2.36. The third-order valence-corrected chi connectivity index (χ3v) is 5.41. The molecule has 8 nitrogen and oxygen atoms in total. The number of rotatable bonds is 5. The van der Waals surface area contributed by atoms with E-state index in [4.69, 9.17) is 9.47 Å². The van der Waals surface area contributed by atoms with Gasteiger partial charge in [-0.15, -0.1) is 0 Å². The Morgan fingerprint density at radius 1 is 0.879 bits per heavy atom. The first-order valence-electron chi connectivity index (χ1n) is 10.0. The van der Waals surface area contributed by atoms with E-state index in [2.05, 4.69) is 0 Å². The second-order valence-corrected chi connectivity index (χ2v) is 7.41. The van der Waals surface area contributed by atoms with Crippen LogP contribution in [0.15, 0.2) is 60.7 Å². The number of methoxy groups -OCH3 is 2. The van der Waals surface area contributed by atoms with Crippen molar-refractivity contribution in [1.29, 1.82) is 0 Å². The lowest BCUT2D eigenvalue weighted by atomic mass is 9.91. The molecular formula is C25H20N2O6. The van der Waals surface area contributed by atoms with Gasteiger partial charge < -0.3 is 9.47 Å². The number of carbonyl (C=O) groups excluding carboxylic acids is 2. The highest BCUT2D eigenvalue weighted by atomic mass is 16.6. The predicted octanol–water partition coefficient (Wildman–Crippen LogP) is 4.65. The van der Waals surface area contributed by atoms with Gasteiger partial charge in [0.15, 0.2) is 11.5 Å². The molecule has 8 heteroatoms. The van der Waals surface area contributed by atoms with E-state index in [0.29, 0.717) is 16.8 Å². The van der Waals surface area contributed by atoms with E-state index >= 15 is 0 Å². The fourth-order valence-electron chi connectivity index (χ4n) is 3.73. The molecule has 2 amide bonds. The number of nitro benzene ring substituents is 1. The number of aryl methyl sites for hydroxylation is 1. The molecule has 0 aromatic heterocycles. The van der Waals surface area contributed by atoms with Gasteiger partial charge >= 0.3 is 0 Å². The van der Waals surface area contributed by atoms with E-state index in [-0.39, 0.29) is 28.3 Å². The lowest BCUT2D eigenvalue weighted by Crippen LogP contribution is -2.41. The number of nitro groups is 1. The molecule has 0 atom stereocenters. The molecule has 0 aliphatic carbocycles. The molecule has 1 aliphatic rings. The summed E-state index contributed by atoms with van der Waals surface area (Å²) in [5.74, 6) is -0.568. The number of benzene rings is 3. The van der Waals surface area contributed by atoms with Gasteiger partial charge in [-0.1, -0.05) is 35.9 Å². The maximum absolute atomic E-state index is 13.6. The summed E-state index contributed by atoms with van der Waals surface area (Å²) in [5.41, 5.74) is 2.16. The molecule has 166 valence electrons. The third-order valence-electron chi connectivity index (χ3n) is 5.41. The Hall–Kier alpha value is -4.46. The molecule has 0 radical (unpaired) electrons. The van der Waals surface area contributed by atoms with Crippen molar-refractivity contribution in [2.24, 2.45) is 0 Å². The van der Waals surface area contributed by atoms with Crippen LogP contribution in [-0.2, 0) is 4.79 Å². The zero-order chi connectivity index (χ0) is 23.7. The molecule has 1 aliphatic heterocycles. The highest BCUT2D eigenvalue weighted by molar-refractivity contribution is 6.43. The van der Waals surface area contributed by atoms with Crippen LogP contribution in [0.5, 0.6) is 11.5 Å². The van der Waals surface area contributed by atoms with E-state index < -0.39 is 16.7 Å². The number of imide groups is 1. The molecule has 0 N–H and O–H groups in total. The predicted molar refractivity (Wildman–Crippen MR) is 124 cm³/mol. The molecule has 0 saturated carbocycles. The minimum atomic E-state index is -0.577. The van der Waals surface area contributed by atoms with Crippen LogP contribution < -0.4 is 14.4 Å². The fourth-order valence-corrected chi connectivity index (χ4v) is 3.73. The third kappa shape index (κ3) is 3.82. The summed E-state index contributed by atoms with van der Waals surface area (Å²) in [7, 11) is 2.80. The van der Waals surface area contributed by atoms with Crippen LogP contribution in [0.25, 0.3) is 11.6 Å². The van der Waals surface area contributed by atoms with E-state index in [0.717, 1.165) is 10.5 Å². The fraction of sp³-hybridized carbons (Fsp3) is 0.120. The summed E-state index contributed by atoms with van der Waals surface area (Å²) in [6, 6.07) is 16.4. The largest absolute Gasteiger partial charge is 0.493 e. The molecule has 0 bridgehead atoms. The molecule has 0 saturated heterocycles. The molecule has 0 unspecified atom stereocenters. The summed E-state index contributed by atoms with van der Waals surface area (Å²) in [5, 5.41) is 11.8. The smallest absolute Gasteiger partial charge is 0.280 e. The average molecular weight is 444 g/mol. The Morgan fingerprint density at radius 2 is 1.48 bits per heavy atom. The Labute approximate surface area is 189 Å². The Bertz CT molecular complexity index is 1310. The van der Waals surface area contributed by atoms with E-state index in [1.807, 2.05) is 6.92 Å². The van der Waals surface area contributed by atoms with Crippen molar-refractivity contribution in [3.63, 3.8) is 0 Å². The molecule has 0 spiro atoms. The molecule has 3 aromatic rings. The van der Waals surface area contributed by atoms with Crippen LogP contribution >= 0.6 is 0 Å². The zero-order valence-electron chi connectivity index (χ0n) is 18.2. The van der Waals surface area contributed by atoms with Gasteiger partial charge in [0, 0.05) is 11.1 Å². The number of amides is 2. The van der Waals surface area contributed by atoms with Gasteiger partial charge in [-0.05, 0) is 42.8 Å². The first-order valence-corrected chi connectivity index (χ1v) is 10.0. The topological polar surface area (TPSA) is 99.0 Å². The number of ether oxygens (including phenoxy) is 2. The number of anilines is 1. The number of nitrogens with zero attached hydrogens (tertiary/aromatic N) is 2. The van der Waals surface area contributed by atoms with Crippen molar-refractivity contribution in [3.05, 3.63) is 93.0 Å². The minimum Gasteiger partial charge on any atom is -0.493 e. The zero-order valence-corrected chi connectivity index (χ0v) is 18.2. The van der Waals surface area contributed by atoms with Crippen molar-refractivity contribution in [2.75, 3.05) is 19.1 Å². The Morgan fingerprint density at radius 3 is 2.09 bits per heavy atom. The summed E-state index contributed by atoms with van der Waals surface area (Å²) >= 11 is 0. The van der Waals surface area contributed by atoms with Gasteiger partial charge in [0.05, 0.1) is 36.5 Å². The maximum atomic E-state index is 13.6. The molecule has 4 rings (SSSR count). The van der Waals surface area contributed by atoms with Crippen LogP contribution in [0, 0.1) is 17.0 Å². The second-order valence-electron chi connectivity index (χ2n) is 7.41. The van der Waals surface area contributed by atoms with E-state index in [1.54, 1.807) is 48.5 Å². The Kier molecular flexibility index (Phi) is 5.66. The summed E-state index contributed by atoms with van der Waals surface area (Å²) in [6.45, 7) is 1.90. The standard InChI is InChI=1S/C25H20N2O6/c1-15-8-10-17(11-9-15)26-24(28)19-7-5-4-6-18(19)20(25(26)29)12-16-13-22(32-2)23(33-3)14-21(16)27(30)31/h4-14H,1-3H3/b20-12-. The number of carbonyl (C=O) groups is 2. The van der Waals surface area contributed by atoms with Gasteiger partial charge in [0.1, 0.15) is 0 Å². The average Bonchev–Trinajstić information content (AvgIpc) is 2.82. The quantitative estimate of drug-likeness (QED) is 0.246. The van der Waals surface area contributed by atoms with Crippen LogP contribution in [0.1, 0.15) is 27.0 Å². The second kappa shape index (κ2) is 8.58. The monoisotopic (exact) mass is 444 g/mol. The number of hydrogen-bond acceptors (Lipinski definition) is 6. The van der Waals surface area contributed by atoms with Gasteiger partial charge in [0.25, 0.3) is 17.5 Å². The SMILES string of the molecule is COc1cc(/C=C2\C(=O)N(c3ccc(C)cc3)C(=O)c3ccccc32)c([N+](=O)[O-])cc1OC. The molecule has 3 aromatic carbocycles. The van der Waals surface area contributed by atoms with Gasteiger partial charge in [-0.3, -0.25) is 19.7 Å². The maximum Gasteiger partial charge on any atom is 0.280 e. The van der Waals surface area contributed by atoms with Crippen molar-refractivity contribution < 1.29 is 24.0 Å². The van der Waals surface area contributed by atoms with Crippen LogP contribution in [0.2, 0.25) is 0 Å². The van der Waals surface area contributed by atoms with Crippen LogP contribution in [0.3, 0.4) is 0 Å². The summed E-state index contributed by atoms with van der Waals surface area (Å²) < 4.78 is 10.5. The van der Waals surface area contributed by atoms with Crippen molar-refractivity contribution in [1.82, 2.24) is 0 Å². The van der Waals surface area contributed by atoms with Gasteiger partial charge in [-0.2, -0.15) is 0 Å². The lowest BCUT2D eigenvalue weighted by Gasteiger charge is -2.28. The van der Waals surface area contributed by atoms with Gasteiger partial charge in [0.2, 0.25) is 0 Å². The van der Waals surface area contributed by atoms with Crippen molar-refractivity contribution >= 4 is 34.8 Å². The molecule has 1 heterocycles. The summed E-state index contributed by atoms with van der Waals surface area (Å²) in [4.78, 5) is 39.0. The number of fused-ring (bicyclic) bond motifs is 1. The van der Waals surface area contributed by atoms with Gasteiger partial charge in [-0.25, -0.2) is 4.90 Å². The summed E-state index contributed by atoms with van der Waals surface area (Å²) in [6.07, 6.45) is 1.41. The van der Waals surface area contributed by atoms with Crippen LogP contribution in [0.4, 0.5) is 11.4 Å². The molecule has 33 heavy (non-hydrogen) atoms. The Balaban J connectivity index is 1.95. The first kappa shape index (κ1) is 21.8. The minimum absolute atomic E-state index is 0.147. The number of hydrogen-bond donors (Lipinski definition) is 0. The first-order chi connectivity index (χ1) is 15.8. The highest BCUT2D eigenvalue weighted by Crippen LogP contribution is 2.39. The van der Waals surface area contributed by atoms with Crippen molar-refractivity contribution in [2.45, 2.75) is 6.92 Å². The molecular weight excluding hydrogens is 424 g/mol. The van der Waals surface area contributed by atoms with Crippen LogP contribution in [-0.4, -0.2) is 31.0 Å². The molecule has 0 fully saturated rings. The lowest BCUT2D eigenvalue weighted by molar-refractivity contribution is -0.385.